The minimum absolute atomic E-state index is 0.0771. The van der Waals surface area contributed by atoms with E-state index in [0.717, 1.165) is 96.3 Å². The molecule has 1 N–H and O–H groups in total. The number of unbranched alkanes of at least 4 members (excludes halogenated alkanes) is 19. The Kier molecular flexibility index (Phi) is 47.9. The van der Waals surface area contributed by atoms with Crippen LogP contribution in [-0.4, -0.2) is 75.6 Å². The summed E-state index contributed by atoms with van der Waals surface area (Å²) in [5.41, 5.74) is 0. The van der Waals surface area contributed by atoms with E-state index < -0.39 is 13.9 Å². The lowest BCUT2D eigenvalue weighted by Gasteiger charge is -2.24. The van der Waals surface area contributed by atoms with Crippen molar-refractivity contribution in [3.05, 3.63) is 97.2 Å². The zero-order chi connectivity index (χ0) is 49.0. The number of likely N-dealkylation sites (N-methyl/N-ethyl adjacent to an activating group) is 1. The fourth-order valence-electron chi connectivity index (χ4n) is 7.00. The quantitative estimate of drug-likeness (QED) is 0.0213. The van der Waals surface area contributed by atoms with Gasteiger partial charge in [0.25, 0.3) is 0 Å². The van der Waals surface area contributed by atoms with Gasteiger partial charge in [-0.2, -0.15) is 0 Å². The molecule has 0 bridgehead atoms. The highest BCUT2D eigenvalue weighted by molar-refractivity contribution is 7.47. The Morgan fingerprint density at radius 3 is 1.30 bits per heavy atom. The molecule has 8 nitrogen and oxygen atoms in total. The predicted octanol–water partition coefficient (Wildman–Crippen LogP) is 16.9. The Labute approximate surface area is 413 Å². The molecule has 0 saturated carbocycles. The summed E-state index contributed by atoms with van der Waals surface area (Å²) in [5.74, 6) is -0.330. The number of phosphoric ester groups is 1. The van der Waals surface area contributed by atoms with E-state index in [0.29, 0.717) is 24.1 Å². The fourth-order valence-corrected chi connectivity index (χ4v) is 7.74. The molecule has 0 amide bonds. The van der Waals surface area contributed by atoms with Crippen LogP contribution in [0.4, 0.5) is 0 Å². The van der Waals surface area contributed by atoms with Gasteiger partial charge in [0.2, 0.25) is 0 Å². The fraction of sp³-hybridized carbons (Fsp3) is 0.707. The van der Waals surface area contributed by atoms with Crippen LogP contribution >= 0.6 is 7.82 Å². The van der Waals surface area contributed by atoms with Crippen LogP contribution in [0.2, 0.25) is 0 Å². The lowest BCUT2D eigenvalue weighted by atomic mass is 10.0. The zero-order valence-electron chi connectivity index (χ0n) is 43.9. The van der Waals surface area contributed by atoms with Crippen LogP contribution in [0.3, 0.4) is 0 Å². The summed E-state index contributed by atoms with van der Waals surface area (Å²) in [7, 11) is 1.63. The van der Waals surface area contributed by atoms with E-state index in [1.807, 2.05) is 21.1 Å². The molecule has 386 valence electrons. The molecule has 2 unspecified atom stereocenters. The van der Waals surface area contributed by atoms with E-state index in [1.54, 1.807) is 0 Å². The molecule has 0 rings (SSSR count). The van der Waals surface area contributed by atoms with E-state index in [4.69, 9.17) is 18.5 Å². The first kappa shape index (κ1) is 64.4. The monoisotopic (exact) mass is 957 g/mol. The maximum Gasteiger partial charge on any atom is 0.472 e. The molecule has 0 aliphatic rings. The molecule has 0 spiro atoms. The van der Waals surface area contributed by atoms with Crippen molar-refractivity contribution in [2.24, 2.45) is 0 Å². The average molecular weight is 957 g/mol. The molecular weight excluding hydrogens is 854 g/mol. The minimum atomic E-state index is -4.30. The van der Waals surface area contributed by atoms with Crippen LogP contribution in [0, 0.1) is 0 Å². The Morgan fingerprint density at radius 2 is 0.866 bits per heavy atom. The summed E-state index contributed by atoms with van der Waals surface area (Å²) in [6, 6.07) is 0. The first-order valence-electron chi connectivity index (χ1n) is 27.0. The average Bonchev–Trinajstić information content (AvgIpc) is 3.29. The van der Waals surface area contributed by atoms with Crippen molar-refractivity contribution in [1.29, 1.82) is 0 Å². The van der Waals surface area contributed by atoms with Gasteiger partial charge in [-0.05, 0) is 96.3 Å². The molecule has 9 heteroatoms. The summed E-state index contributed by atoms with van der Waals surface area (Å²) < 4.78 is 35.2. The molecule has 0 radical (unpaired) electrons. The number of phosphoric acid groups is 1. The van der Waals surface area contributed by atoms with E-state index in [-0.39, 0.29) is 25.8 Å². The maximum absolute atomic E-state index is 12.8. The first-order valence-corrected chi connectivity index (χ1v) is 28.5. The topological polar surface area (TPSA) is 91.3 Å². The number of quaternary nitrogens is 1. The zero-order valence-corrected chi connectivity index (χ0v) is 44.7. The number of carbonyl (C=O) groups is 1. The molecule has 2 atom stereocenters. The maximum atomic E-state index is 12.8. The summed E-state index contributed by atoms with van der Waals surface area (Å²) in [6.07, 6.45) is 68.9. The number of ether oxygens (including phenoxy) is 2. The highest BCUT2D eigenvalue weighted by atomic mass is 31.2. The van der Waals surface area contributed by atoms with Gasteiger partial charge in [-0.3, -0.25) is 13.8 Å². The Balaban J connectivity index is 4.19. The van der Waals surface area contributed by atoms with Crippen LogP contribution in [0.15, 0.2) is 97.2 Å². The molecule has 67 heavy (non-hydrogen) atoms. The van der Waals surface area contributed by atoms with E-state index in [1.165, 1.54) is 89.9 Å². The van der Waals surface area contributed by atoms with Crippen molar-refractivity contribution in [2.45, 2.75) is 213 Å². The largest absolute Gasteiger partial charge is 0.472 e. The lowest BCUT2D eigenvalue weighted by Crippen LogP contribution is -2.37. The first-order chi connectivity index (χ1) is 32.6. The summed E-state index contributed by atoms with van der Waals surface area (Å²) >= 11 is 0. The van der Waals surface area contributed by atoms with Crippen molar-refractivity contribution in [1.82, 2.24) is 0 Å². The van der Waals surface area contributed by atoms with Gasteiger partial charge in [0, 0.05) is 13.0 Å². The molecule has 0 saturated heterocycles. The van der Waals surface area contributed by atoms with Crippen molar-refractivity contribution in [3.8, 4) is 0 Å². The molecule has 0 aliphatic heterocycles. The highest BCUT2D eigenvalue weighted by Gasteiger charge is 2.26. The van der Waals surface area contributed by atoms with E-state index >= 15 is 0 Å². The Bertz CT molecular complexity index is 1390. The van der Waals surface area contributed by atoms with Gasteiger partial charge < -0.3 is 18.9 Å². The third-order valence-electron chi connectivity index (χ3n) is 11.1. The summed E-state index contributed by atoms with van der Waals surface area (Å²) in [5, 5.41) is 0. The molecule has 0 aromatic carbocycles. The molecule has 0 aromatic rings. The minimum Gasteiger partial charge on any atom is -0.457 e. The number of carbonyl (C=O) groups excluding carboxylic acids is 1. The van der Waals surface area contributed by atoms with Crippen LogP contribution < -0.4 is 0 Å². The van der Waals surface area contributed by atoms with Crippen LogP contribution in [0.5, 0.6) is 0 Å². The predicted molar refractivity (Wildman–Crippen MR) is 288 cm³/mol. The van der Waals surface area contributed by atoms with Crippen molar-refractivity contribution < 1.29 is 37.3 Å². The van der Waals surface area contributed by atoms with Gasteiger partial charge in [-0.1, -0.05) is 201 Å². The molecular formula is C58H103NO7P+. The van der Waals surface area contributed by atoms with Gasteiger partial charge in [0.15, 0.2) is 0 Å². The second-order valence-electron chi connectivity index (χ2n) is 18.9. The number of allylic oxidation sites excluding steroid dienone is 16. The second kappa shape index (κ2) is 49.8. The highest BCUT2D eigenvalue weighted by Crippen LogP contribution is 2.43. The molecule has 0 heterocycles. The van der Waals surface area contributed by atoms with Gasteiger partial charge in [0.05, 0.1) is 34.4 Å². The molecule has 0 fully saturated rings. The number of nitrogens with zero attached hydrogens (tertiary/aromatic N) is 1. The summed E-state index contributed by atoms with van der Waals surface area (Å²) in [6.45, 7) is 5.42. The molecule has 0 aromatic heterocycles. The van der Waals surface area contributed by atoms with Gasteiger partial charge in [-0.15, -0.1) is 0 Å². The van der Waals surface area contributed by atoms with Crippen molar-refractivity contribution >= 4 is 13.8 Å². The Hall–Kier alpha value is -2.58. The van der Waals surface area contributed by atoms with Crippen molar-refractivity contribution in [2.75, 3.05) is 54.1 Å². The standard InChI is InChI=1S/C58H102NO7P/c1-6-8-10-12-14-16-18-20-22-24-26-28-29-30-31-32-33-35-37-39-41-43-45-47-49-51-58(60)66-57(56-65-67(61,62)64-54-52-59(3,4)5)55-63-53-50-48-46-44-42-40-38-36-34-27-25-23-21-19-17-15-13-11-9-7-2/h9,11,15,17-18,20-21,23-24,26-27,29-30,34,38,40,57H,6-8,10,12-14,16,19,22,25,28,31-33,35-37,39,41-56H2,1-5H3/p+1/b11-9-,17-15-,20-18-,23-21-,26-24-,30-29-,34-27-,40-38-. The third-order valence-corrected chi connectivity index (χ3v) is 12.1. The number of hydrogen-bond acceptors (Lipinski definition) is 6. The van der Waals surface area contributed by atoms with Crippen LogP contribution in [-0.2, 0) is 27.9 Å². The van der Waals surface area contributed by atoms with Gasteiger partial charge in [0.1, 0.15) is 19.3 Å². The second-order valence-corrected chi connectivity index (χ2v) is 20.3. The smallest absolute Gasteiger partial charge is 0.457 e. The summed E-state index contributed by atoms with van der Waals surface area (Å²) in [4.78, 5) is 23.0. The SMILES string of the molecule is CC/C=C\C/C=C\C/C=C\C/C=C\C/C=C\CCCCCCOCC(COP(=O)(O)OCC[N+](C)(C)C)OC(=O)CCCCCCCCCCCC/C=C\C/C=C\C/C=C\CCCCCCC. The van der Waals surface area contributed by atoms with E-state index in [2.05, 4.69) is 111 Å². The van der Waals surface area contributed by atoms with Crippen molar-refractivity contribution in [3.63, 3.8) is 0 Å². The number of hydrogen-bond donors (Lipinski definition) is 1. The van der Waals surface area contributed by atoms with Crippen LogP contribution in [0.25, 0.3) is 0 Å². The van der Waals surface area contributed by atoms with Gasteiger partial charge in [-0.25, -0.2) is 4.57 Å². The van der Waals surface area contributed by atoms with Gasteiger partial charge >= 0.3 is 13.8 Å². The lowest BCUT2D eigenvalue weighted by molar-refractivity contribution is -0.870. The number of rotatable bonds is 49. The Morgan fingerprint density at radius 1 is 0.478 bits per heavy atom. The normalized spacial score (nSPS) is 14.3. The third kappa shape index (κ3) is 54.2. The molecule has 0 aliphatic carbocycles. The van der Waals surface area contributed by atoms with Crippen LogP contribution in [0.1, 0.15) is 206 Å². The van der Waals surface area contributed by atoms with E-state index in [9.17, 15) is 14.3 Å². The number of esters is 1.